The Morgan fingerprint density at radius 2 is 1.95 bits per heavy atom. The number of hydrogen-bond donors (Lipinski definition) is 2. The van der Waals surface area contributed by atoms with Crippen LogP contribution in [0.2, 0.25) is 0 Å². The molecule has 4 nitrogen and oxygen atoms in total. The SMILES string of the molecule is CC(C)CNCc1cc(F)cc(OCC(=O)NC(C)C)c1. The minimum Gasteiger partial charge on any atom is -0.484 e. The zero-order chi connectivity index (χ0) is 15.8. The fourth-order valence-electron chi connectivity index (χ4n) is 1.82. The fourth-order valence-corrected chi connectivity index (χ4v) is 1.82. The van der Waals surface area contributed by atoms with E-state index in [1.807, 2.05) is 13.8 Å². The van der Waals surface area contributed by atoms with Crippen LogP contribution in [0.1, 0.15) is 33.3 Å². The summed E-state index contributed by atoms with van der Waals surface area (Å²) in [5.74, 6) is 0.330. The Balaban J connectivity index is 2.54. The molecule has 0 radical (unpaired) electrons. The van der Waals surface area contributed by atoms with Gasteiger partial charge in [-0.2, -0.15) is 0 Å². The number of halogens is 1. The number of hydrogen-bond acceptors (Lipinski definition) is 3. The molecule has 1 rings (SSSR count). The summed E-state index contributed by atoms with van der Waals surface area (Å²) in [6.45, 7) is 9.30. The Kier molecular flexibility index (Phi) is 7.15. The first-order valence-electron chi connectivity index (χ1n) is 7.29. The molecule has 1 amide bonds. The van der Waals surface area contributed by atoms with Gasteiger partial charge < -0.3 is 15.4 Å². The zero-order valence-electron chi connectivity index (χ0n) is 13.2. The van der Waals surface area contributed by atoms with E-state index in [-0.39, 0.29) is 24.4 Å². The third-order valence-electron chi connectivity index (χ3n) is 2.63. The first kappa shape index (κ1) is 17.4. The molecular formula is C16H25FN2O2. The summed E-state index contributed by atoms with van der Waals surface area (Å²) < 4.78 is 18.9. The highest BCUT2D eigenvalue weighted by molar-refractivity contribution is 5.77. The highest BCUT2D eigenvalue weighted by Crippen LogP contribution is 2.16. The van der Waals surface area contributed by atoms with Crippen LogP contribution in [0.25, 0.3) is 0 Å². The summed E-state index contributed by atoms with van der Waals surface area (Å²) in [4.78, 5) is 11.5. The van der Waals surface area contributed by atoms with E-state index in [0.717, 1.165) is 12.1 Å². The molecule has 118 valence electrons. The molecule has 1 aromatic carbocycles. The van der Waals surface area contributed by atoms with Crippen LogP contribution in [0.15, 0.2) is 18.2 Å². The van der Waals surface area contributed by atoms with E-state index in [0.29, 0.717) is 18.2 Å². The number of amides is 1. The van der Waals surface area contributed by atoms with Gasteiger partial charge in [0.25, 0.3) is 5.91 Å². The van der Waals surface area contributed by atoms with Crippen molar-refractivity contribution in [3.05, 3.63) is 29.6 Å². The Bertz CT molecular complexity index is 462. The van der Waals surface area contributed by atoms with E-state index < -0.39 is 0 Å². The van der Waals surface area contributed by atoms with Crippen LogP contribution in [0, 0.1) is 11.7 Å². The van der Waals surface area contributed by atoms with E-state index in [2.05, 4.69) is 24.5 Å². The summed E-state index contributed by atoms with van der Waals surface area (Å²) in [5.41, 5.74) is 0.801. The fraction of sp³-hybridized carbons (Fsp3) is 0.562. The minimum atomic E-state index is -0.363. The van der Waals surface area contributed by atoms with Crippen LogP contribution in [0.4, 0.5) is 4.39 Å². The van der Waals surface area contributed by atoms with Gasteiger partial charge in [0.15, 0.2) is 6.61 Å². The second-order valence-electron chi connectivity index (χ2n) is 5.83. The van der Waals surface area contributed by atoms with Crippen LogP contribution in [-0.4, -0.2) is 25.1 Å². The van der Waals surface area contributed by atoms with Gasteiger partial charge in [0.05, 0.1) is 0 Å². The second kappa shape index (κ2) is 8.62. The average Bonchev–Trinajstić information content (AvgIpc) is 2.34. The summed E-state index contributed by atoms with van der Waals surface area (Å²) in [6.07, 6.45) is 0. The maximum absolute atomic E-state index is 13.5. The number of rotatable bonds is 8. The quantitative estimate of drug-likeness (QED) is 0.775. The molecule has 5 heteroatoms. The molecule has 0 aliphatic heterocycles. The van der Waals surface area contributed by atoms with E-state index in [9.17, 15) is 9.18 Å². The number of ether oxygens (including phenoxy) is 1. The van der Waals surface area contributed by atoms with Crippen LogP contribution in [0.3, 0.4) is 0 Å². The van der Waals surface area contributed by atoms with Crippen molar-refractivity contribution < 1.29 is 13.9 Å². The summed E-state index contributed by atoms with van der Waals surface area (Å²) in [6, 6.07) is 4.56. The third-order valence-corrected chi connectivity index (χ3v) is 2.63. The van der Waals surface area contributed by atoms with Crippen LogP contribution >= 0.6 is 0 Å². The predicted octanol–water partition coefficient (Wildman–Crippen LogP) is 2.47. The maximum Gasteiger partial charge on any atom is 0.258 e. The van der Waals surface area contributed by atoms with Crippen LogP contribution in [0.5, 0.6) is 5.75 Å². The molecule has 21 heavy (non-hydrogen) atoms. The second-order valence-corrected chi connectivity index (χ2v) is 5.83. The normalized spacial score (nSPS) is 11.0. The molecule has 0 bridgehead atoms. The monoisotopic (exact) mass is 296 g/mol. The molecule has 0 heterocycles. The van der Waals surface area contributed by atoms with Crippen molar-refractivity contribution in [1.29, 1.82) is 0 Å². The van der Waals surface area contributed by atoms with Gasteiger partial charge in [0.1, 0.15) is 11.6 Å². The number of nitrogens with one attached hydrogen (secondary N) is 2. The molecule has 0 aromatic heterocycles. The summed E-state index contributed by atoms with van der Waals surface area (Å²) in [5, 5.41) is 5.96. The molecule has 2 N–H and O–H groups in total. The summed E-state index contributed by atoms with van der Waals surface area (Å²) >= 11 is 0. The molecule has 0 saturated heterocycles. The van der Waals surface area contributed by atoms with Crippen LogP contribution < -0.4 is 15.4 Å². The molecule has 0 aliphatic rings. The number of carbonyl (C=O) groups excluding carboxylic acids is 1. The average molecular weight is 296 g/mol. The molecule has 0 saturated carbocycles. The summed E-state index contributed by atoms with van der Waals surface area (Å²) in [7, 11) is 0. The van der Waals surface area contributed by atoms with Gasteiger partial charge in [-0.05, 0) is 44.0 Å². The lowest BCUT2D eigenvalue weighted by molar-refractivity contribution is -0.123. The standard InChI is InChI=1S/C16H25FN2O2/c1-11(2)8-18-9-13-5-14(17)7-15(6-13)21-10-16(20)19-12(3)4/h5-7,11-12,18H,8-10H2,1-4H3,(H,19,20). The molecule has 0 spiro atoms. The molecular weight excluding hydrogens is 271 g/mol. The smallest absolute Gasteiger partial charge is 0.258 e. The largest absolute Gasteiger partial charge is 0.484 e. The Morgan fingerprint density at radius 3 is 2.57 bits per heavy atom. The number of carbonyl (C=O) groups is 1. The number of benzene rings is 1. The van der Waals surface area contributed by atoms with E-state index in [1.165, 1.54) is 12.1 Å². The molecule has 1 aromatic rings. The molecule has 0 fully saturated rings. The molecule has 0 unspecified atom stereocenters. The van der Waals surface area contributed by atoms with Gasteiger partial charge in [-0.25, -0.2) is 4.39 Å². The third kappa shape index (κ3) is 7.66. The molecule has 0 atom stereocenters. The highest BCUT2D eigenvalue weighted by Gasteiger charge is 2.07. The Hall–Kier alpha value is -1.62. The van der Waals surface area contributed by atoms with Crippen molar-refractivity contribution in [3.63, 3.8) is 0 Å². The van der Waals surface area contributed by atoms with Gasteiger partial charge in [-0.1, -0.05) is 13.8 Å². The van der Waals surface area contributed by atoms with E-state index >= 15 is 0 Å². The predicted molar refractivity (Wildman–Crippen MR) is 81.7 cm³/mol. The van der Waals surface area contributed by atoms with Crippen molar-refractivity contribution in [2.45, 2.75) is 40.3 Å². The first-order chi connectivity index (χ1) is 9.86. The van der Waals surface area contributed by atoms with Crippen LogP contribution in [-0.2, 0) is 11.3 Å². The highest BCUT2D eigenvalue weighted by atomic mass is 19.1. The van der Waals surface area contributed by atoms with E-state index in [1.54, 1.807) is 6.07 Å². The topological polar surface area (TPSA) is 50.4 Å². The van der Waals surface area contributed by atoms with Gasteiger partial charge in [0, 0.05) is 18.7 Å². The van der Waals surface area contributed by atoms with Crippen molar-refractivity contribution in [2.75, 3.05) is 13.2 Å². The lowest BCUT2D eigenvalue weighted by atomic mass is 10.2. The van der Waals surface area contributed by atoms with Crippen molar-refractivity contribution >= 4 is 5.91 Å². The van der Waals surface area contributed by atoms with Gasteiger partial charge >= 0.3 is 0 Å². The lowest BCUT2D eigenvalue weighted by Gasteiger charge is -2.12. The maximum atomic E-state index is 13.5. The Morgan fingerprint density at radius 1 is 1.24 bits per heavy atom. The van der Waals surface area contributed by atoms with Gasteiger partial charge in [-0.15, -0.1) is 0 Å². The van der Waals surface area contributed by atoms with Crippen molar-refractivity contribution in [3.8, 4) is 5.75 Å². The first-order valence-corrected chi connectivity index (χ1v) is 7.29. The van der Waals surface area contributed by atoms with Gasteiger partial charge in [0.2, 0.25) is 0 Å². The minimum absolute atomic E-state index is 0.0596. The van der Waals surface area contributed by atoms with Crippen molar-refractivity contribution in [2.24, 2.45) is 5.92 Å². The van der Waals surface area contributed by atoms with E-state index in [4.69, 9.17) is 4.74 Å². The van der Waals surface area contributed by atoms with Gasteiger partial charge in [-0.3, -0.25) is 4.79 Å². The van der Waals surface area contributed by atoms with Crippen molar-refractivity contribution in [1.82, 2.24) is 10.6 Å². The Labute approximate surface area is 126 Å². The lowest BCUT2D eigenvalue weighted by Crippen LogP contribution is -2.34. The molecule has 0 aliphatic carbocycles. The zero-order valence-corrected chi connectivity index (χ0v) is 13.2.